The smallest absolute Gasteiger partial charge is 0.422 e. The van der Waals surface area contributed by atoms with E-state index in [0.29, 0.717) is 5.52 Å². The number of ether oxygens (including phenoxy) is 1. The number of alkyl halides is 3. The van der Waals surface area contributed by atoms with Gasteiger partial charge in [-0.2, -0.15) is 13.2 Å². The lowest BCUT2D eigenvalue weighted by atomic mass is 10.2. The first-order chi connectivity index (χ1) is 12.7. The Kier molecular flexibility index (Phi) is 5.12. The molecule has 0 aliphatic heterocycles. The maximum Gasteiger partial charge on any atom is 0.422 e. The zero-order valence-corrected chi connectivity index (χ0v) is 14.9. The summed E-state index contributed by atoms with van der Waals surface area (Å²) in [6, 6.07) is 9.98. The number of fused-ring (bicyclic) bond motifs is 1. The molecule has 3 rings (SSSR count). The average Bonchev–Trinajstić information content (AvgIpc) is 2.59. The van der Waals surface area contributed by atoms with Gasteiger partial charge in [0.25, 0.3) is 5.56 Å². The number of nitrogens with zero attached hydrogens (tertiary/aromatic N) is 2. The molecule has 0 saturated heterocycles. The van der Waals surface area contributed by atoms with E-state index in [1.807, 2.05) is 0 Å². The minimum Gasteiger partial charge on any atom is -0.484 e. The number of halogens is 4. The Hall–Kier alpha value is -2.58. The Morgan fingerprint density at radius 3 is 2.63 bits per heavy atom. The second-order valence-electron chi connectivity index (χ2n) is 5.93. The van der Waals surface area contributed by atoms with Gasteiger partial charge in [-0.05, 0) is 31.2 Å². The van der Waals surface area contributed by atoms with Crippen LogP contribution in [0.25, 0.3) is 16.6 Å². The summed E-state index contributed by atoms with van der Waals surface area (Å²) in [6.45, 7) is 0.214. The molecule has 3 aromatic rings. The van der Waals surface area contributed by atoms with Crippen molar-refractivity contribution in [3.63, 3.8) is 0 Å². The summed E-state index contributed by atoms with van der Waals surface area (Å²) in [6.07, 6.45) is -4.47. The van der Waals surface area contributed by atoms with Gasteiger partial charge in [-0.15, -0.1) is 0 Å². The van der Waals surface area contributed by atoms with Gasteiger partial charge in [-0.25, -0.2) is 4.98 Å². The predicted molar refractivity (Wildman–Crippen MR) is 96.5 cm³/mol. The Morgan fingerprint density at radius 2 is 1.96 bits per heavy atom. The molecule has 0 fully saturated rings. The van der Waals surface area contributed by atoms with E-state index in [2.05, 4.69) is 4.98 Å². The highest BCUT2D eigenvalue weighted by Crippen LogP contribution is 2.24. The normalized spacial score (nSPS) is 13.0. The monoisotopic (exact) mass is 397 g/mol. The van der Waals surface area contributed by atoms with Crippen molar-refractivity contribution >= 4 is 22.5 Å². The number of aromatic nitrogens is 2. The van der Waals surface area contributed by atoms with Crippen LogP contribution in [0.15, 0.2) is 47.3 Å². The van der Waals surface area contributed by atoms with E-state index in [4.69, 9.17) is 22.1 Å². The maximum absolute atomic E-state index is 13.1. The minimum atomic E-state index is -4.47. The first-order valence-corrected chi connectivity index (χ1v) is 8.32. The van der Waals surface area contributed by atoms with Crippen LogP contribution in [0.4, 0.5) is 13.2 Å². The van der Waals surface area contributed by atoms with E-state index in [0.717, 1.165) is 0 Å². The first-order valence-electron chi connectivity index (χ1n) is 7.94. The van der Waals surface area contributed by atoms with Crippen molar-refractivity contribution < 1.29 is 17.9 Å². The van der Waals surface area contributed by atoms with E-state index in [1.165, 1.54) is 22.8 Å². The molecule has 2 N–H and O–H groups in total. The van der Waals surface area contributed by atoms with Gasteiger partial charge in [-0.1, -0.05) is 23.7 Å². The Bertz CT molecular complexity index is 1050. The average molecular weight is 398 g/mol. The highest BCUT2D eigenvalue weighted by molar-refractivity contribution is 6.35. The first kappa shape index (κ1) is 19.2. The molecule has 0 amide bonds. The number of hydrogen-bond donors (Lipinski definition) is 1. The molecule has 1 atom stereocenters. The van der Waals surface area contributed by atoms with E-state index in [1.54, 1.807) is 31.2 Å². The zero-order valence-electron chi connectivity index (χ0n) is 14.1. The summed E-state index contributed by atoms with van der Waals surface area (Å²) in [5.41, 5.74) is 6.17. The molecule has 2 aromatic carbocycles. The fourth-order valence-corrected chi connectivity index (χ4v) is 2.89. The van der Waals surface area contributed by atoms with Crippen LogP contribution < -0.4 is 16.0 Å². The second-order valence-corrected chi connectivity index (χ2v) is 6.34. The molecule has 0 aliphatic rings. The van der Waals surface area contributed by atoms with E-state index < -0.39 is 24.4 Å². The molecule has 1 aromatic heterocycles. The van der Waals surface area contributed by atoms with Gasteiger partial charge in [0.1, 0.15) is 11.6 Å². The summed E-state index contributed by atoms with van der Waals surface area (Å²) in [5, 5.41) is 0.421. The lowest BCUT2D eigenvalue weighted by molar-refractivity contribution is -0.153. The minimum absolute atomic E-state index is 0.0356. The highest BCUT2D eigenvalue weighted by atomic mass is 35.5. The molecule has 142 valence electrons. The van der Waals surface area contributed by atoms with E-state index in [-0.39, 0.29) is 27.7 Å². The van der Waals surface area contributed by atoms with Crippen molar-refractivity contribution in [3.05, 3.63) is 63.7 Å². The van der Waals surface area contributed by atoms with Gasteiger partial charge >= 0.3 is 6.18 Å². The molecule has 27 heavy (non-hydrogen) atoms. The van der Waals surface area contributed by atoms with Crippen LogP contribution in [0, 0.1) is 0 Å². The third kappa shape index (κ3) is 4.06. The van der Waals surface area contributed by atoms with Crippen molar-refractivity contribution in [2.75, 3.05) is 6.61 Å². The lowest BCUT2D eigenvalue weighted by Gasteiger charge is -2.17. The predicted octanol–water partition coefficient (Wildman–Crippen LogP) is 4.00. The number of benzene rings is 2. The van der Waals surface area contributed by atoms with E-state index in [9.17, 15) is 18.0 Å². The summed E-state index contributed by atoms with van der Waals surface area (Å²) in [4.78, 5) is 17.5. The van der Waals surface area contributed by atoms with E-state index >= 15 is 0 Å². The van der Waals surface area contributed by atoms with Crippen LogP contribution in [0.5, 0.6) is 5.75 Å². The summed E-state index contributed by atoms with van der Waals surface area (Å²) in [5.74, 6) is 0.217. The van der Waals surface area contributed by atoms with Crippen LogP contribution in [0.2, 0.25) is 5.02 Å². The summed E-state index contributed by atoms with van der Waals surface area (Å²) >= 11 is 6.15. The van der Waals surface area contributed by atoms with Crippen LogP contribution >= 0.6 is 11.6 Å². The quantitative estimate of drug-likeness (QED) is 0.722. The summed E-state index contributed by atoms with van der Waals surface area (Å²) in [7, 11) is 0. The third-order valence-corrected chi connectivity index (χ3v) is 4.07. The topological polar surface area (TPSA) is 70.1 Å². The summed E-state index contributed by atoms with van der Waals surface area (Å²) < 4.78 is 43.2. The molecule has 0 radical (unpaired) electrons. The molecular formula is C18H15ClF3N3O2. The van der Waals surface area contributed by atoms with Crippen LogP contribution in [-0.2, 0) is 0 Å². The number of nitrogens with two attached hydrogens (primary N) is 1. The van der Waals surface area contributed by atoms with Gasteiger partial charge in [0, 0.05) is 6.07 Å². The molecule has 0 spiro atoms. The van der Waals surface area contributed by atoms with Gasteiger partial charge < -0.3 is 10.5 Å². The Labute approximate surface area is 157 Å². The standard InChI is InChI=1S/C18H15ClF3N3O2/c1-10(23)16-24-14-7-3-6-13(19)15(14)17(26)25(16)11-4-2-5-12(8-11)27-9-18(20,21)22/h2-8,10H,9,23H2,1H3. The SMILES string of the molecule is CC(N)c1nc2cccc(Cl)c2c(=O)n1-c1cccc(OCC(F)(F)F)c1. The second kappa shape index (κ2) is 7.21. The largest absolute Gasteiger partial charge is 0.484 e. The van der Waals surface area contributed by atoms with Crippen molar-refractivity contribution in [1.29, 1.82) is 0 Å². The number of hydrogen-bond acceptors (Lipinski definition) is 4. The van der Waals surface area contributed by atoms with Crippen molar-refractivity contribution in [2.24, 2.45) is 5.73 Å². The molecule has 1 heterocycles. The van der Waals surface area contributed by atoms with Crippen LogP contribution in [-0.4, -0.2) is 22.3 Å². The van der Waals surface area contributed by atoms with Gasteiger partial charge in [-0.3, -0.25) is 9.36 Å². The molecular weight excluding hydrogens is 383 g/mol. The van der Waals surface area contributed by atoms with Crippen LogP contribution in [0.1, 0.15) is 18.8 Å². The molecule has 1 unspecified atom stereocenters. The fraction of sp³-hybridized carbons (Fsp3) is 0.222. The van der Waals surface area contributed by atoms with Crippen molar-refractivity contribution in [1.82, 2.24) is 9.55 Å². The Balaban J connectivity index is 2.19. The van der Waals surface area contributed by atoms with Crippen LogP contribution in [0.3, 0.4) is 0 Å². The molecule has 0 aliphatic carbocycles. The van der Waals surface area contributed by atoms with Crippen molar-refractivity contribution in [3.8, 4) is 11.4 Å². The van der Waals surface area contributed by atoms with Gasteiger partial charge in [0.2, 0.25) is 0 Å². The molecule has 0 saturated carbocycles. The zero-order chi connectivity index (χ0) is 19.8. The fourth-order valence-electron chi connectivity index (χ4n) is 2.64. The lowest BCUT2D eigenvalue weighted by Crippen LogP contribution is -2.27. The number of rotatable bonds is 4. The molecule has 5 nitrogen and oxygen atoms in total. The molecule has 0 bridgehead atoms. The third-order valence-electron chi connectivity index (χ3n) is 3.76. The van der Waals surface area contributed by atoms with Gasteiger partial charge in [0.15, 0.2) is 6.61 Å². The maximum atomic E-state index is 13.1. The van der Waals surface area contributed by atoms with Crippen molar-refractivity contribution in [2.45, 2.75) is 19.1 Å². The Morgan fingerprint density at radius 1 is 1.26 bits per heavy atom. The van der Waals surface area contributed by atoms with Gasteiger partial charge in [0.05, 0.1) is 27.7 Å². The highest BCUT2D eigenvalue weighted by Gasteiger charge is 2.28. The molecule has 9 heteroatoms.